The summed E-state index contributed by atoms with van der Waals surface area (Å²) in [6.07, 6.45) is 3.58. The number of aromatic nitrogens is 1. The molecular formula is C32H45N9O6. The van der Waals surface area contributed by atoms with Crippen LogP contribution in [0, 0.1) is 5.41 Å². The SMILES string of the molecule is N=C(N)NCCC[C@H](NC(=O)[C@H](CCCCN)NC(=O)[C@H](Cc1ccc(O)cc1)NC(=O)[C@@H](N)Cc1c[nH]c2ccccc12)C(=O)O. The average molecular weight is 652 g/mol. The molecule has 14 N–H and O–H groups in total. The number of phenolic OH excluding ortho intramolecular Hbond substituents is 1. The van der Waals surface area contributed by atoms with E-state index in [-0.39, 0.29) is 43.9 Å². The number of amides is 3. The fraction of sp³-hybridized carbons (Fsp3) is 0.406. The van der Waals surface area contributed by atoms with Crippen molar-refractivity contribution in [2.24, 2.45) is 17.2 Å². The lowest BCUT2D eigenvalue weighted by Crippen LogP contribution is -2.57. The van der Waals surface area contributed by atoms with Gasteiger partial charge < -0.3 is 53.7 Å². The average Bonchev–Trinajstić information content (AvgIpc) is 3.44. The molecule has 47 heavy (non-hydrogen) atoms. The van der Waals surface area contributed by atoms with E-state index in [4.69, 9.17) is 22.6 Å². The molecule has 1 heterocycles. The zero-order valence-electron chi connectivity index (χ0n) is 26.1. The molecule has 15 heteroatoms. The van der Waals surface area contributed by atoms with Gasteiger partial charge in [0.05, 0.1) is 6.04 Å². The van der Waals surface area contributed by atoms with Gasteiger partial charge in [-0.1, -0.05) is 30.3 Å². The molecule has 1 aromatic heterocycles. The molecule has 0 bridgehead atoms. The Morgan fingerprint density at radius 2 is 1.47 bits per heavy atom. The monoisotopic (exact) mass is 651 g/mol. The summed E-state index contributed by atoms with van der Waals surface area (Å²) in [5, 5.41) is 38.1. The highest BCUT2D eigenvalue weighted by Crippen LogP contribution is 2.19. The van der Waals surface area contributed by atoms with Crippen molar-refractivity contribution in [3.05, 3.63) is 65.9 Å². The fourth-order valence-electron chi connectivity index (χ4n) is 5.08. The molecule has 3 aromatic rings. The number of nitrogens with two attached hydrogens (primary N) is 3. The number of para-hydroxylation sites is 1. The minimum Gasteiger partial charge on any atom is -0.508 e. The number of aromatic amines is 1. The Hall–Kier alpha value is -5.15. The number of hydrogen-bond acceptors (Lipinski definition) is 8. The first kappa shape index (κ1) is 36.3. The first-order valence-corrected chi connectivity index (χ1v) is 15.5. The van der Waals surface area contributed by atoms with E-state index in [0.717, 1.165) is 16.5 Å². The second kappa shape index (κ2) is 18.1. The molecule has 0 fully saturated rings. The number of carboxylic acids is 1. The van der Waals surface area contributed by atoms with Crippen LogP contribution in [0.1, 0.15) is 43.2 Å². The predicted octanol–water partition coefficient (Wildman–Crippen LogP) is -0.0827. The Balaban J connectivity index is 1.76. The van der Waals surface area contributed by atoms with Crippen molar-refractivity contribution in [1.82, 2.24) is 26.3 Å². The van der Waals surface area contributed by atoms with Crippen LogP contribution < -0.4 is 38.5 Å². The van der Waals surface area contributed by atoms with Crippen molar-refractivity contribution < 1.29 is 29.4 Å². The maximum atomic E-state index is 13.7. The van der Waals surface area contributed by atoms with Crippen molar-refractivity contribution in [1.29, 1.82) is 5.41 Å². The standard InChI is InChI=1S/C32H45N9O6/c33-14-4-3-8-25(29(44)40-26(31(46)47)9-5-15-37-32(35)36)39-30(45)27(16-19-10-12-21(42)13-11-19)41-28(43)23(34)17-20-18-38-24-7-2-1-6-22(20)24/h1-2,6-7,10-13,18,23,25-27,38,42H,3-5,8-9,14-17,33-34H2,(H,39,45)(H,40,44)(H,41,43)(H,46,47)(H4,35,36,37)/t23-,25-,26-,27-/m0/s1. The van der Waals surface area contributed by atoms with E-state index in [9.17, 15) is 29.4 Å². The summed E-state index contributed by atoms with van der Waals surface area (Å²) in [5.74, 6) is -3.43. The number of aliphatic carboxylic acids is 1. The smallest absolute Gasteiger partial charge is 0.326 e. The molecule has 0 aliphatic carbocycles. The van der Waals surface area contributed by atoms with Gasteiger partial charge in [-0.3, -0.25) is 19.8 Å². The Bertz CT molecular complexity index is 1510. The lowest BCUT2D eigenvalue weighted by atomic mass is 10.0. The highest BCUT2D eigenvalue weighted by molar-refractivity contribution is 5.94. The van der Waals surface area contributed by atoms with E-state index >= 15 is 0 Å². The van der Waals surface area contributed by atoms with Crippen molar-refractivity contribution >= 4 is 40.6 Å². The summed E-state index contributed by atoms with van der Waals surface area (Å²) in [6.45, 7) is 0.601. The number of H-pyrrole nitrogens is 1. The van der Waals surface area contributed by atoms with Gasteiger partial charge in [-0.15, -0.1) is 0 Å². The zero-order valence-corrected chi connectivity index (χ0v) is 26.1. The molecule has 15 nitrogen and oxygen atoms in total. The number of nitrogens with one attached hydrogen (secondary N) is 6. The minimum atomic E-state index is -1.25. The molecular weight excluding hydrogens is 606 g/mol. The van der Waals surface area contributed by atoms with E-state index in [2.05, 4.69) is 26.3 Å². The summed E-state index contributed by atoms with van der Waals surface area (Å²) in [7, 11) is 0. The van der Waals surface area contributed by atoms with Gasteiger partial charge in [0.15, 0.2) is 5.96 Å². The molecule has 3 rings (SSSR count). The zero-order chi connectivity index (χ0) is 34.3. The van der Waals surface area contributed by atoms with Gasteiger partial charge in [0.25, 0.3) is 0 Å². The number of benzene rings is 2. The maximum Gasteiger partial charge on any atom is 0.326 e. The Morgan fingerprint density at radius 3 is 2.15 bits per heavy atom. The number of carbonyl (C=O) groups excluding carboxylic acids is 3. The van der Waals surface area contributed by atoms with Crippen LogP contribution >= 0.6 is 0 Å². The Kier molecular flexibility index (Phi) is 14.0. The molecule has 4 atom stereocenters. The van der Waals surface area contributed by atoms with E-state index in [1.807, 2.05) is 24.3 Å². The van der Waals surface area contributed by atoms with Crippen molar-refractivity contribution in [3.63, 3.8) is 0 Å². The van der Waals surface area contributed by atoms with Crippen LogP contribution in [0.4, 0.5) is 0 Å². The van der Waals surface area contributed by atoms with Crippen LogP contribution in [-0.4, -0.2) is 82.1 Å². The van der Waals surface area contributed by atoms with Gasteiger partial charge in [0.1, 0.15) is 23.9 Å². The molecule has 0 saturated heterocycles. The number of carboxylic acid groups (broad SMARTS) is 1. The van der Waals surface area contributed by atoms with Crippen LogP contribution in [0.15, 0.2) is 54.7 Å². The number of guanidine groups is 1. The van der Waals surface area contributed by atoms with Crippen molar-refractivity contribution in [3.8, 4) is 5.75 Å². The lowest BCUT2D eigenvalue weighted by Gasteiger charge is -2.25. The summed E-state index contributed by atoms with van der Waals surface area (Å²) < 4.78 is 0. The van der Waals surface area contributed by atoms with Gasteiger partial charge in [0.2, 0.25) is 17.7 Å². The van der Waals surface area contributed by atoms with E-state index in [1.165, 1.54) is 12.1 Å². The molecule has 0 spiro atoms. The van der Waals surface area contributed by atoms with Crippen LogP contribution in [0.5, 0.6) is 5.75 Å². The van der Waals surface area contributed by atoms with Crippen LogP contribution in [0.2, 0.25) is 0 Å². The molecule has 0 saturated carbocycles. The number of aromatic hydroxyl groups is 1. The molecule has 3 amide bonds. The number of hydrogen-bond donors (Lipinski definition) is 11. The van der Waals surface area contributed by atoms with Crippen molar-refractivity contribution in [2.75, 3.05) is 13.1 Å². The molecule has 0 radical (unpaired) electrons. The third-order valence-electron chi connectivity index (χ3n) is 7.64. The third-order valence-corrected chi connectivity index (χ3v) is 7.64. The first-order valence-electron chi connectivity index (χ1n) is 15.5. The summed E-state index contributed by atoms with van der Waals surface area (Å²) in [4.78, 5) is 55.4. The molecule has 0 unspecified atom stereocenters. The second-order valence-electron chi connectivity index (χ2n) is 11.3. The largest absolute Gasteiger partial charge is 0.508 e. The number of fused-ring (bicyclic) bond motifs is 1. The van der Waals surface area contributed by atoms with Crippen LogP contribution in [0.25, 0.3) is 10.9 Å². The maximum absolute atomic E-state index is 13.7. The van der Waals surface area contributed by atoms with Crippen LogP contribution in [0.3, 0.4) is 0 Å². The van der Waals surface area contributed by atoms with E-state index in [1.54, 1.807) is 18.3 Å². The Labute approximate surface area is 272 Å². The van der Waals surface area contributed by atoms with E-state index in [0.29, 0.717) is 31.4 Å². The number of phenols is 1. The van der Waals surface area contributed by atoms with Gasteiger partial charge in [-0.05, 0) is 74.4 Å². The van der Waals surface area contributed by atoms with Gasteiger partial charge in [0, 0.05) is 30.1 Å². The second-order valence-corrected chi connectivity index (χ2v) is 11.3. The number of carbonyl (C=O) groups is 4. The normalized spacial score (nSPS) is 13.6. The third kappa shape index (κ3) is 11.6. The van der Waals surface area contributed by atoms with Gasteiger partial charge >= 0.3 is 5.97 Å². The van der Waals surface area contributed by atoms with Crippen LogP contribution in [-0.2, 0) is 32.0 Å². The van der Waals surface area contributed by atoms with Gasteiger partial charge in [-0.25, -0.2) is 4.79 Å². The molecule has 254 valence electrons. The van der Waals surface area contributed by atoms with Crippen molar-refractivity contribution in [2.45, 2.75) is 69.1 Å². The highest BCUT2D eigenvalue weighted by atomic mass is 16.4. The van der Waals surface area contributed by atoms with E-state index < -0.39 is 47.9 Å². The highest BCUT2D eigenvalue weighted by Gasteiger charge is 2.30. The lowest BCUT2D eigenvalue weighted by molar-refractivity contribution is -0.142. The summed E-state index contributed by atoms with van der Waals surface area (Å²) in [5.41, 5.74) is 19.6. The molecule has 0 aliphatic heterocycles. The molecule has 2 aromatic carbocycles. The predicted molar refractivity (Wildman–Crippen MR) is 177 cm³/mol. The first-order chi connectivity index (χ1) is 22.5. The molecule has 0 aliphatic rings. The fourth-order valence-corrected chi connectivity index (χ4v) is 5.08. The minimum absolute atomic E-state index is 0.0235. The topological polar surface area (TPSA) is 275 Å². The summed E-state index contributed by atoms with van der Waals surface area (Å²) >= 11 is 0. The quantitative estimate of drug-likeness (QED) is 0.0466. The summed E-state index contributed by atoms with van der Waals surface area (Å²) in [6, 6.07) is 9.20. The number of unbranched alkanes of at least 4 members (excludes halogenated alkanes) is 1. The number of rotatable bonds is 19. The van der Waals surface area contributed by atoms with Gasteiger partial charge in [-0.2, -0.15) is 0 Å². The Morgan fingerprint density at radius 1 is 0.830 bits per heavy atom.